The van der Waals surface area contributed by atoms with Gasteiger partial charge in [-0.3, -0.25) is 0 Å². The van der Waals surface area contributed by atoms with E-state index in [1.807, 2.05) is 20.8 Å². The van der Waals surface area contributed by atoms with Crippen molar-refractivity contribution in [2.75, 3.05) is 0 Å². The van der Waals surface area contributed by atoms with Crippen LogP contribution in [0.2, 0.25) is 0 Å². The van der Waals surface area contributed by atoms with E-state index in [0.717, 1.165) is 17.8 Å². The fourth-order valence-electron chi connectivity index (χ4n) is 1.06. The Morgan fingerprint density at radius 3 is 2.73 bits per heavy atom. The van der Waals surface area contributed by atoms with Crippen LogP contribution in [0.15, 0.2) is 6.20 Å². The fourth-order valence-corrected chi connectivity index (χ4v) is 1.96. The third kappa shape index (κ3) is 4.00. The number of hydrogen-bond donors (Lipinski definition) is 0. The molecule has 0 amide bonds. The zero-order chi connectivity index (χ0) is 11.5. The number of nitrogens with zero attached hydrogens (tertiary/aromatic N) is 1. The van der Waals surface area contributed by atoms with Gasteiger partial charge in [-0.2, -0.15) is 0 Å². The van der Waals surface area contributed by atoms with Gasteiger partial charge >= 0.3 is 5.97 Å². The Labute approximate surface area is 94.5 Å². The molecular weight excluding hydrogens is 210 g/mol. The van der Waals surface area contributed by atoms with Gasteiger partial charge < -0.3 is 4.74 Å². The van der Waals surface area contributed by atoms with Crippen LogP contribution >= 0.6 is 11.3 Å². The summed E-state index contributed by atoms with van der Waals surface area (Å²) in [5, 5.41) is 0.998. The van der Waals surface area contributed by atoms with E-state index in [0.29, 0.717) is 4.88 Å². The van der Waals surface area contributed by atoms with E-state index in [1.54, 1.807) is 6.20 Å². The molecule has 0 bridgehead atoms. The second kappa shape index (κ2) is 4.75. The normalized spacial score (nSPS) is 11.5. The number of aryl methyl sites for hydroxylation is 1. The first-order chi connectivity index (χ1) is 6.92. The van der Waals surface area contributed by atoms with E-state index in [9.17, 15) is 4.79 Å². The summed E-state index contributed by atoms with van der Waals surface area (Å²) in [5.41, 5.74) is -0.438. The molecule has 0 saturated carbocycles. The van der Waals surface area contributed by atoms with Crippen molar-refractivity contribution in [2.45, 2.75) is 46.1 Å². The number of thiazole rings is 1. The van der Waals surface area contributed by atoms with E-state index >= 15 is 0 Å². The average Bonchev–Trinajstić information content (AvgIpc) is 2.50. The molecule has 0 aliphatic carbocycles. The van der Waals surface area contributed by atoms with Crippen LogP contribution in [0.5, 0.6) is 0 Å². The van der Waals surface area contributed by atoms with Gasteiger partial charge in [0.05, 0.1) is 11.2 Å². The minimum Gasteiger partial charge on any atom is -0.456 e. The minimum absolute atomic E-state index is 0.276. The van der Waals surface area contributed by atoms with Crippen LogP contribution < -0.4 is 0 Å². The molecule has 15 heavy (non-hydrogen) atoms. The maximum Gasteiger partial charge on any atom is 0.350 e. The van der Waals surface area contributed by atoms with E-state index < -0.39 is 5.60 Å². The molecule has 0 saturated heterocycles. The van der Waals surface area contributed by atoms with Crippen molar-refractivity contribution in [3.05, 3.63) is 16.1 Å². The Morgan fingerprint density at radius 1 is 1.53 bits per heavy atom. The van der Waals surface area contributed by atoms with E-state index in [4.69, 9.17) is 4.74 Å². The lowest BCUT2D eigenvalue weighted by atomic mass is 10.2. The van der Waals surface area contributed by atoms with Crippen molar-refractivity contribution in [1.29, 1.82) is 0 Å². The zero-order valence-electron chi connectivity index (χ0n) is 9.66. The molecule has 0 aliphatic heterocycles. The van der Waals surface area contributed by atoms with Gasteiger partial charge in [-0.25, -0.2) is 9.78 Å². The average molecular weight is 227 g/mol. The second-order valence-electron chi connectivity index (χ2n) is 4.37. The Kier molecular flexibility index (Phi) is 3.85. The molecule has 1 aromatic rings. The lowest BCUT2D eigenvalue weighted by Gasteiger charge is -2.18. The van der Waals surface area contributed by atoms with Crippen LogP contribution in [-0.4, -0.2) is 16.6 Å². The number of rotatable bonds is 3. The quantitative estimate of drug-likeness (QED) is 0.745. The first-order valence-electron chi connectivity index (χ1n) is 5.10. The Hall–Kier alpha value is -0.900. The smallest absolute Gasteiger partial charge is 0.350 e. The molecular formula is C11H17NO2S. The van der Waals surface area contributed by atoms with Gasteiger partial charge in [0.15, 0.2) is 0 Å². The van der Waals surface area contributed by atoms with Gasteiger partial charge in [-0.1, -0.05) is 6.92 Å². The van der Waals surface area contributed by atoms with Gasteiger partial charge in [0, 0.05) is 0 Å². The molecule has 1 rings (SSSR count). The summed E-state index contributed by atoms with van der Waals surface area (Å²) in [6, 6.07) is 0. The fraction of sp³-hybridized carbons (Fsp3) is 0.636. The Morgan fingerprint density at radius 2 is 2.20 bits per heavy atom. The number of carbonyl (C=O) groups is 1. The summed E-state index contributed by atoms with van der Waals surface area (Å²) in [7, 11) is 0. The van der Waals surface area contributed by atoms with Gasteiger partial charge in [-0.15, -0.1) is 11.3 Å². The van der Waals surface area contributed by atoms with Crippen molar-refractivity contribution in [3.63, 3.8) is 0 Å². The summed E-state index contributed by atoms with van der Waals surface area (Å²) >= 11 is 1.42. The van der Waals surface area contributed by atoms with Crippen LogP contribution in [0.4, 0.5) is 0 Å². The number of aromatic nitrogens is 1. The van der Waals surface area contributed by atoms with Crippen molar-refractivity contribution in [1.82, 2.24) is 4.98 Å². The van der Waals surface area contributed by atoms with Gasteiger partial charge in [0.25, 0.3) is 0 Å². The van der Waals surface area contributed by atoms with Crippen LogP contribution in [0.25, 0.3) is 0 Å². The SMILES string of the molecule is CCCc1ncc(C(=O)OC(C)(C)C)s1. The largest absolute Gasteiger partial charge is 0.456 e. The molecule has 0 aromatic carbocycles. The number of esters is 1. The highest BCUT2D eigenvalue weighted by atomic mass is 32.1. The summed E-state index contributed by atoms with van der Waals surface area (Å²) in [6.07, 6.45) is 3.57. The predicted molar refractivity (Wildman–Crippen MR) is 61.3 cm³/mol. The van der Waals surface area contributed by atoms with Crippen LogP contribution in [0.3, 0.4) is 0 Å². The van der Waals surface area contributed by atoms with Crippen molar-refractivity contribution < 1.29 is 9.53 Å². The number of carbonyl (C=O) groups excluding carboxylic acids is 1. The molecule has 0 spiro atoms. The van der Waals surface area contributed by atoms with E-state index in [-0.39, 0.29) is 5.97 Å². The van der Waals surface area contributed by atoms with E-state index in [2.05, 4.69) is 11.9 Å². The zero-order valence-corrected chi connectivity index (χ0v) is 10.5. The van der Waals surface area contributed by atoms with Crippen molar-refractivity contribution >= 4 is 17.3 Å². The van der Waals surface area contributed by atoms with Crippen molar-refractivity contribution in [2.24, 2.45) is 0 Å². The highest BCUT2D eigenvalue weighted by Gasteiger charge is 2.19. The van der Waals surface area contributed by atoms with E-state index in [1.165, 1.54) is 11.3 Å². The molecule has 84 valence electrons. The second-order valence-corrected chi connectivity index (χ2v) is 5.49. The lowest BCUT2D eigenvalue weighted by molar-refractivity contribution is 0.00750. The summed E-state index contributed by atoms with van der Waals surface area (Å²) < 4.78 is 5.25. The molecule has 0 unspecified atom stereocenters. The van der Waals surface area contributed by atoms with Gasteiger partial charge in [0.1, 0.15) is 10.5 Å². The monoisotopic (exact) mass is 227 g/mol. The predicted octanol–water partition coefficient (Wildman–Crippen LogP) is 3.05. The molecule has 0 fully saturated rings. The number of ether oxygens (including phenoxy) is 1. The Bertz CT molecular complexity index is 339. The molecule has 4 heteroatoms. The molecule has 0 N–H and O–H groups in total. The summed E-state index contributed by atoms with van der Waals surface area (Å²) in [6.45, 7) is 7.67. The highest BCUT2D eigenvalue weighted by Crippen LogP contribution is 2.18. The molecule has 1 heterocycles. The molecule has 0 aliphatic rings. The minimum atomic E-state index is -0.438. The summed E-state index contributed by atoms with van der Waals surface area (Å²) in [4.78, 5) is 16.4. The molecule has 0 atom stereocenters. The topological polar surface area (TPSA) is 39.2 Å². The first kappa shape index (κ1) is 12.2. The van der Waals surface area contributed by atoms with Crippen LogP contribution in [-0.2, 0) is 11.2 Å². The third-order valence-corrected chi connectivity index (χ3v) is 2.65. The third-order valence-electron chi connectivity index (χ3n) is 1.62. The standard InChI is InChI=1S/C11H17NO2S/c1-5-6-9-12-7-8(15-9)10(13)14-11(2,3)4/h7H,5-6H2,1-4H3. The lowest BCUT2D eigenvalue weighted by Crippen LogP contribution is -2.23. The highest BCUT2D eigenvalue weighted by molar-refractivity contribution is 7.13. The molecule has 1 aromatic heterocycles. The molecule has 3 nitrogen and oxygen atoms in total. The maximum absolute atomic E-state index is 11.6. The molecule has 0 radical (unpaired) electrons. The Balaban J connectivity index is 2.66. The van der Waals surface area contributed by atoms with Crippen LogP contribution in [0, 0.1) is 0 Å². The maximum atomic E-state index is 11.6. The van der Waals surface area contributed by atoms with Crippen LogP contribution in [0.1, 0.15) is 48.8 Å². The van der Waals surface area contributed by atoms with Gasteiger partial charge in [-0.05, 0) is 33.6 Å². The van der Waals surface area contributed by atoms with Gasteiger partial charge in [0.2, 0.25) is 0 Å². The first-order valence-corrected chi connectivity index (χ1v) is 5.92. The van der Waals surface area contributed by atoms with Crippen molar-refractivity contribution in [3.8, 4) is 0 Å². The summed E-state index contributed by atoms with van der Waals surface area (Å²) in [5.74, 6) is -0.276. The number of hydrogen-bond acceptors (Lipinski definition) is 4.